The van der Waals surface area contributed by atoms with Gasteiger partial charge in [0, 0.05) is 0 Å². The zero-order valence-electron chi connectivity index (χ0n) is 19.8. The second-order valence-electron chi connectivity index (χ2n) is 7.43. The molecule has 2 N–H and O–H groups in total. The molecule has 0 aliphatic rings. The van der Waals surface area contributed by atoms with E-state index in [1.54, 1.807) is 12.1 Å². The summed E-state index contributed by atoms with van der Waals surface area (Å²) >= 11 is 0. The molecule has 1 aromatic carbocycles. The van der Waals surface area contributed by atoms with Gasteiger partial charge in [-0.2, -0.15) is 0 Å². The highest BCUT2D eigenvalue weighted by atomic mass is 16.5. The van der Waals surface area contributed by atoms with Crippen LogP contribution < -0.4 is 10.6 Å². The van der Waals surface area contributed by atoms with Gasteiger partial charge in [-0.3, -0.25) is 24.1 Å². The van der Waals surface area contributed by atoms with Crippen molar-refractivity contribution >= 4 is 29.7 Å². The summed E-state index contributed by atoms with van der Waals surface area (Å²) in [6.45, 7) is 0.564. The van der Waals surface area contributed by atoms with Gasteiger partial charge in [0.2, 0.25) is 11.8 Å². The lowest BCUT2D eigenvalue weighted by molar-refractivity contribution is -0.148. The van der Waals surface area contributed by atoms with Crippen molar-refractivity contribution in [1.29, 1.82) is 0 Å². The Bertz CT molecular complexity index is 816. The normalized spacial score (nSPS) is 11.3. The molecular weight excluding hydrogens is 446 g/mol. The minimum Gasteiger partial charge on any atom is -0.468 e. The zero-order valence-corrected chi connectivity index (χ0v) is 19.8. The lowest BCUT2D eigenvalue weighted by atomic mass is 10.1. The van der Waals surface area contributed by atoms with Gasteiger partial charge in [0.1, 0.15) is 19.2 Å². The Hall–Kier alpha value is -3.47. The molecule has 2 amide bonds. The molecule has 0 unspecified atom stereocenters. The second kappa shape index (κ2) is 16.2. The van der Waals surface area contributed by atoms with E-state index < -0.39 is 35.8 Å². The summed E-state index contributed by atoms with van der Waals surface area (Å²) in [5.41, 5.74) is 0.785. The SMILES string of the molecule is CCCC[C@H](NC(=O)CN(CC(=O)NCC(=O)OC)CC(=O)OCc1ccccc1)C(=O)OC. The number of carbonyl (C=O) groups is 5. The van der Waals surface area contributed by atoms with Gasteiger partial charge in [-0.1, -0.05) is 50.1 Å². The fourth-order valence-corrected chi connectivity index (χ4v) is 2.88. The van der Waals surface area contributed by atoms with Gasteiger partial charge in [-0.25, -0.2) is 4.79 Å². The summed E-state index contributed by atoms with van der Waals surface area (Å²) in [5, 5.41) is 4.93. The minimum absolute atomic E-state index is 0.0374. The topological polar surface area (TPSA) is 140 Å². The Morgan fingerprint density at radius 3 is 2.21 bits per heavy atom. The molecule has 0 bridgehead atoms. The van der Waals surface area contributed by atoms with Crippen LogP contribution in [0.2, 0.25) is 0 Å². The molecule has 0 saturated heterocycles. The Kier molecular flexibility index (Phi) is 13.6. The molecule has 0 aromatic heterocycles. The van der Waals surface area contributed by atoms with Gasteiger partial charge >= 0.3 is 17.9 Å². The van der Waals surface area contributed by atoms with E-state index in [-0.39, 0.29) is 32.8 Å². The van der Waals surface area contributed by atoms with Gasteiger partial charge in [0.25, 0.3) is 0 Å². The van der Waals surface area contributed by atoms with E-state index in [2.05, 4.69) is 15.4 Å². The van der Waals surface area contributed by atoms with Crippen molar-refractivity contribution in [3.8, 4) is 0 Å². The summed E-state index contributed by atoms with van der Waals surface area (Å²) in [6.07, 6.45) is 1.92. The molecule has 0 spiro atoms. The van der Waals surface area contributed by atoms with Gasteiger partial charge in [-0.05, 0) is 12.0 Å². The molecule has 1 rings (SSSR count). The van der Waals surface area contributed by atoms with Crippen LogP contribution in [0.25, 0.3) is 0 Å². The van der Waals surface area contributed by atoms with Crippen molar-refractivity contribution in [1.82, 2.24) is 15.5 Å². The van der Waals surface area contributed by atoms with E-state index in [0.717, 1.165) is 12.0 Å². The van der Waals surface area contributed by atoms with Crippen molar-refractivity contribution < 1.29 is 38.2 Å². The summed E-state index contributed by atoms with van der Waals surface area (Å²) in [7, 11) is 2.41. The second-order valence-corrected chi connectivity index (χ2v) is 7.43. The van der Waals surface area contributed by atoms with Gasteiger partial charge < -0.3 is 24.8 Å². The Morgan fingerprint density at radius 1 is 0.912 bits per heavy atom. The van der Waals surface area contributed by atoms with Crippen LogP contribution in [0.15, 0.2) is 30.3 Å². The van der Waals surface area contributed by atoms with Crippen LogP contribution in [-0.2, 0) is 44.8 Å². The van der Waals surface area contributed by atoms with E-state index in [1.807, 2.05) is 25.1 Å². The summed E-state index contributed by atoms with van der Waals surface area (Å²) in [4.78, 5) is 61.6. The average Bonchev–Trinajstić information content (AvgIpc) is 2.83. The van der Waals surface area contributed by atoms with Crippen LogP contribution in [0.5, 0.6) is 0 Å². The number of rotatable bonds is 15. The number of hydrogen-bond acceptors (Lipinski definition) is 9. The summed E-state index contributed by atoms with van der Waals surface area (Å²) in [6, 6.07) is 8.20. The standard InChI is InChI=1S/C23H33N3O8/c1-4-5-11-18(23(31)33-3)25-20(28)14-26(13-19(27)24-12-21(29)32-2)15-22(30)34-16-17-9-7-6-8-10-17/h6-10,18H,4-5,11-16H2,1-3H3,(H,24,27)(H,25,28)/t18-/m0/s1. The molecule has 0 heterocycles. The van der Waals surface area contributed by atoms with Crippen molar-refractivity contribution in [3.63, 3.8) is 0 Å². The molecule has 0 aliphatic carbocycles. The first-order valence-electron chi connectivity index (χ1n) is 10.9. The third kappa shape index (κ3) is 12.0. The van der Waals surface area contributed by atoms with Gasteiger partial charge in [0.15, 0.2) is 0 Å². The van der Waals surface area contributed by atoms with Crippen LogP contribution in [0.4, 0.5) is 0 Å². The first-order valence-corrected chi connectivity index (χ1v) is 10.9. The third-order valence-electron chi connectivity index (χ3n) is 4.65. The molecule has 0 fully saturated rings. The smallest absolute Gasteiger partial charge is 0.328 e. The quantitative estimate of drug-likeness (QED) is 0.266. The monoisotopic (exact) mass is 479 g/mol. The molecule has 0 aliphatic heterocycles. The number of benzene rings is 1. The van der Waals surface area contributed by atoms with Gasteiger partial charge in [0.05, 0.1) is 33.9 Å². The Labute approximate surface area is 199 Å². The maximum atomic E-state index is 12.6. The highest BCUT2D eigenvalue weighted by molar-refractivity contribution is 5.87. The predicted octanol–water partition coefficient (Wildman–Crippen LogP) is 0.169. The lowest BCUT2D eigenvalue weighted by Crippen LogP contribution is -2.49. The predicted molar refractivity (Wildman–Crippen MR) is 121 cm³/mol. The molecule has 11 heteroatoms. The number of hydrogen-bond donors (Lipinski definition) is 2. The average molecular weight is 480 g/mol. The number of nitrogens with one attached hydrogen (secondary N) is 2. The number of amides is 2. The third-order valence-corrected chi connectivity index (χ3v) is 4.65. The fourth-order valence-electron chi connectivity index (χ4n) is 2.88. The zero-order chi connectivity index (χ0) is 25.3. The number of unbranched alkanes of at least 4 members (excludes halogenated alkanes) is 1. The van der Waals surface area contributed by atoms with Crippen molar-refractivity contribution in [2.45, 2.75) is 38.8 Å². The number of methoxy groups -OCH3 is 2. The molecule has 0 radical (unpaired) electrons. The summed E-state index contributed by atoms with van der Waals surface area (Å²) in [5.74, 6) is -3.02. The number of ether oxygens (including phenoxy) is 3. The Balaban J connectivity index is 2.76. The van der Waals surface area contributed by atoms with Crippen LogP contribution in [0, 0.1) is 0 Å². The fraction of sp³-hybridized carbons (Fsp3) is 0.522. The maximum absolute atomic E-state index is 12.6. The lowest BCUT2D eigenvalue weighted by Gasteiger charge is -2.22. The van der Waals surface area contributed by atoms with Crippen molar-refractivity contribution in [2.75, 3.05) is 40.4 Å². The largest absolute Gasteiger partial charge is 0.468 e. The van der Waals surface area contributed by atoms with E-state index in [4.69, 9.17) is 9.47 Å². The van der Waals surface area contributed by atoms with E-state index in [9.17, 15) is 24.0 Å². The van der Waals surface area contributed by atoms with Gasteiger partial charge in [-0.15, -0.1) is 0 Å². The highest BCUT2D eigenvalue weighted by Gasteiger charge is 2.24. The van der Waals surface area contributed by atoms with Crippen molar-refractivity contribution in [2.24, 2.45) is 0 Å². The number of esters is 3. The van der Waals surface area contributed by atoms with Crippen LogP contribution in [0.1, 0.15) is 31.7 Å². The Morgan fingerprint density at radius 2 is 1.59 bits per heavy atom. The van der Waals surface area contributed by atoms with E-state index >= 15 is 0 Å². The highest BCUT2D eigenvalue weighted by Crippen LogP contribution is 2.04. The van der Waals surface area contributed by atoms with Crippen molar-refractivity contribution in [3.05, 3.63) is 35.9 Å². The van der Waals surface area contributed by atoms with Crippen LogP contribution in [-0.4, -0.2) is 81.1 Å². The summed E-state index contributed by atoms with van der Waals surface area (Å²) < 4.78 is 14.4. The van der Waals surface area contributed by atoms with Crippen LogP contribution >= 0.6 is 0 Å². The molecule has 188 valence electrons. The first kappa shape index (κ1) is 28.6. The number of nitrogens with zero attached hydrogens (tertiary/aromatic N) is 1. The van der Waals surface area contributed by atoms with Crippen LogP contribution in [0.3, 0.4) is 0 Å². The molecule has 34 heavy (non-hydrogen) atoms. The minimum atomic E-state index is -0.836. The van der Waals surface area contributed by atoms with E-state index in [0.29, 0.717) is 12.8 Å². The maximum Gasteiger partial charge on any atom is 0.328 e. The molecular formula is C23H33N3O8. The number of carbonyl (C=O) groups excluding carboxylic acids is 5. The van der Waals surface area contributed by atoms with E-state index in [1.165, 1.54) is 19.1 Å². The molecule has 1 atom stereocenters. The molecule has 1 aromatic rings. The first-order chi connectivity index (χ1) is 16.3. The molecule has 11 nitrogen and oxygen atoms in total. The molecule has 0 saturated carbocycles.